The minimum absolute atomic E-state index is 0.0370. The van der Waals surface area contributed by atoms with Gasteiger partial charge in [-0.1, -0.05) is 18.2 Å². The van der Waals surface area contributed by atoms with E-state index in [0.717, 1.165) is 41.7 Å². The van der Waals surface area contributed by atoms with Crippen molar-refractivity contribution in [3.63, 3.8) is 0 Å². The molecule has 4 nitrogen and oxygen atoms in total. The first-order chi connectivity index (χ1) is 10.2. The third kappa shape index (κ3) is 3.59. The normalized spacial score (nSPS) is 16.2. The Hall–Kier alpha value is -1.49. The van der Waals surface area contributed by atoms with Gasteiger partial charge in [-0.2, -0.15) is 0 Å². The molecule has 21 heavy (non-hydrogen) atoms. The summed E-state index contributed by atoms with van der Waals surface area (Å²) in [5, 5.41) is 3.03. The highest BCUT2D eigenvalue weighted by Gasteiger charge is 2.23. The van der Waals surface area contributed by atoms with E-state index in [1.807, 2.05) is 29.2 Å². The Morgan fingerprint density at radius 3 is 2.52 bits per heavy atom. The van der Waals surface area contributed by atoms with Crippen molar-refractivity contribution in [3.8, 4) is 5.75 Å². The molecule has 1 heterocycles. The minimum atomic E-state index is 0.0370. The summed E-state index contributed by atoms with van der Waals surface area (Å²) in [6, 6.07) is 7.66. The lowest BCUT2D eigenvalue weighted by Crippen LogP contribution is -2.39. The summed E-state index contributed by atoms with van der Waals surface area (Å²) in [4.78, 5) is 14.6. The molecule has 1 aromatic rings. The maximum absolute atomic E-state index is 12.7. The van der Waals surface area contributed by atoms with Crippen LogP contribution >= 0.6 is 15.9 Å². The predicted octanol–water partition coefficient (Wildman–Crippen LogP) is 2.99. The fraction of sp³-hybridized carbons (Fsp3) is 0.438. The molecule has 0 bridgehead atoms. The standard InChI is InChI=1S/C16H21BrN2O2/c1-18-15(16(20)19-10-6-3-7-11-19)14(17)12-8-4-5-9-13(12)21-2/h4-5,8-9,18H,3,6-7,10-11H2,1-2H3/b15-14+. The molecular formula is C16H21BrN2O2. The van der Waals surface area contributed by atoms with E-state index in [9.17, 15) is 4.79 Å². The lowest BCUT2D eigenvalue weighted by atomic mass is 10.1. The zero-order valence-electron chi connectivity index (χ0n) is 12.5. The first kappa shape index (κ1) is 15.9. The number of methoxy groups -OCH3 is 1. The number of hydrogen-bond donors (Lipinski definition) is 1. The number of piperidine rings is 1. The molecule has 1 aromatic carbocycles. The van der Waals surface area contributed by atoms with Gasteiger partial charge in [-0.25, -0.2) is 0 Å². The van der Waals surface area contributed by atoms with Gasteiger partial charge in [0.05, 0.1) is 11.6 Å². The number of nitrogens with zero attached hydrogens (tertiary/aromatic N) is 1. The van der Waals surface area contributed by atoms with Crippen LogP contribution in [0.15, 0.2) is 30.0 Å². The van der Waals surface area contributed by atoms with Gasteiger partial charge < -0.3 is 15.0 Å². The van der Waals surface area contributed by atoms with Crippen molar-refractivity contribution < 1.29 is 9.53 Å². The van der Waals surface area contributed by atoms with Gasteiger partial charge in [0, 0.05) is 25.7 Å². The summed E-state index contributed by atoms with van der Waals surface area (Å²) in [5.41, 5.74) is 1.44. The van der Waals surface area contributed by atoms with Gasteiger partial charge in [0.1, 0.15) is 11.4 Å². The predicted molar refractivity (Wildman–Crippen MR) is 88.3 cm³/mol. The number of carbonyl (C=O) groups excluding carboxylic acids is 1. The molecule has 0 aliphatic carbocycles. The van der Waals surface area contributed by atoms with Gasteiger partial charge in [-0.3, -0.25) is 4.79 Å². The van der Waals surface area contributed by atoms with Crippen molar-refractivity contribution >= 4 is 26.3 Å². The molecule has 0 spiro atoms. The van der Waals surface area contributed by atoms with Gasteiger partial charge in [0.15, 0.2) is 0 Å². The van der Waals surface area contributed by atoms with Gasteiger partial charge in [0.2, 0.25) is 0 Å². The smallest absolute Gasteiger partial charge is 0.271 e. The summed E-state index contributed by atoms with van der Waals surface area (Å²) in [7, 11) is 3.40. The minimum Gasteiger partial charge on any atom is -0.496 e. The molecule has 1 fully saturated rings. The molecule has 1 aliphatic heterocycles. The highest BCUT2D eigenvalue weighted by atomic mass is 79.9. The van der Waals surface area contributed by atoms with E-state index >= 15 is 0 Å². The SMILES string of the molecule is CN/C(C(=O)N1CCCCC1)=C(/Br)c1ccccc1OC. The topological polar surface area (TPSA) is 41.6 Å². The number of amides is 1. The summed E-state index contributed by atoms with van der Waals surface area (Å²) >= 11 is 3.56. The number of benzene rings is 1. The van der Waals surface area contributed by atoms with Gasteiger partial charge in [0.25, 0.3) is 5.91 Å². The second-order valence-electron chi connectivity index (χ2n) is 4.99. The first-order valence-corrected chi connectivity index (χ1v) is 7.98. The highest BCUT2D eigenvalue weighted by molar-refractivity contribution is 9.15. The molecule has 1 amide bonds. The van der Waals surface area contributed by atoms with Crippen LogP contribution in [0.2, 0.25) is 0 Å². The van der Waals surface area contributed by atoms with Crippen LogP contribution in [0.25, 0.3) is 4.48 Å². The Balaban J connectivity index is 2.34. The van der Waals surface area contributed by atoms with Crippen molar-refractivity contribution in [3.05, 3.63) is 35.5 Å². The Morgan fingerprint density at radius 1 is 1.24 bits per heavy atom. The lowest BCUT2D eigenvalue weighted by molar-refractivity contribution is -0.128. The molecule has 1 saturated heterocycles. The lowest BCUT2D eigenvalue weighted by Gasteiger charge is -2.28. The number of ether oxygens (including phenoxy) is 1. The maximum atomic E-state index is 12.7. The van der Waals surface area contributed by atoms with E-state index in [0.29, 0.717) is 5.70 Å². The van der Waals surface area contributed by atoms with E-state index in [2.05, 4.69) is 21.2 Å². The first-order valence-electron chi connectivity index (χ1n) is 7.19. The van der Waals surface area contributed by atoms with Gasteiger partial charge in [-0.05, 0) is 41.3 Å². The van der Waals surface area contributed by atoms with E-state index in [1.165, 1.54) is 6.42 Å². The van der Waals surface area contributed by atoms with E-state index < -0.39 is 0 Å². The van der Waals surface area contributed by atoms with Crippen molar-refractivity contribution in [2.24, 2.45) is 0 Å². The summed E-state index contributed by atoms with van der Waals surface area (Å²) in [6.07, 6.45) is 3.36. The Kier molecular flexibility index (Phi) is 5.67. The van der Waals surface area contributed by atoms with E-state index in [1.54, 1.807) is 14.2 Å². The second-order valence-corrected chi connectivity index (χ2v) is 5.79. The van der Waals surface area contributed by atoms with Crippen LogP contribution < -0.4 is 10.1 Å². The fourth-order valence-electron chi connectivity index (χ4n) is 2.53. The van der Waals surface area contributed by atoms with Crippen molar-refractivity contribution in [2.75, 3.05) is 27.2 Å². The number of halogens is 1. The maximum Gasteiger partial charge on any atom is 0.271 e. The molecule has 0 aromatic heterocycles. The molecule has 1 N–H and O–H groups in total. The quantitative estimate of drug-likeness (QED) is 0.847. The number of likely N-dealkylation sites (tertiary alicyclic amines) is 1. The Labute approximate surface area is 134 Å². The molecule has 0 saturated carbocycles. The number of hydrogen-bond acceptors (Lipinski definition) is 3. The van der Waals surface area contributed by atoms with E-state index in [4.69, 9.17) is 4.74 Å². The van der Waals surface area contributed by atoms with E-state index in [-0.39, 0.29) is 5.91 Å². The van der Waals surface area contributed by atoms with Crippen molar-refractivity contribution in [1.29, 1.82) is 0 Å². The van der Waals surface area contributed by atoms with Crippen LogP contribution in [0.1, 0.15) is 24.8 Å². The molecular weight excluding hydrogens is 332 g/mol. The molecule has 0 atom stereocenters. The molecule has 0 radical (unpaired) electrons. The monoisotopic (exact) mass is 352 g/mol. The average Bonchev–Trinajstić information content (AvgIpc) is 2.56. The third-order valence-corrected chi connectivity index (χ3v) is 4.49. The highest BCUT2D eigenvalue weighted by Crippen LogP contribution is 2.32. The van der Waals surface area contributed by atoms with Crippen LogP contribution in [0.4, 0.5) is 0 Å². The zero-order valence-corrected chi connectivity index (χ0v) is 14.1. The van der Waals surface area contributed by atoms with Crippen LogP contribution in [0.5, 0.6) is 5.75 Å². The van der Waals surface area contributed by atoms with Crippen LogP contribution in [0, 0.1) is 0 Å². The number of nitrogens with one attached hydrogen (secondary N) is 1. The summed E-state index contributed by atoms with van der Waals surface area (Å²) < 4.78 is 6.10. The fourth-order valence-corrected chi connectivity index (χ4v) is 3.22. The molecule has 114 valence electrons. The molecule has 5 heteroatoms. The number of likely N-dealkylation sites (N-methyl/N-ethyl adjacent to an activating group) is 1. The summed E-state index contributed by atoms with van der Waals surface area (Å²) in [5.74, 6) is 0.776. The van der Waals surface area contributed by atoms with Gasteiger partial charge in [-0.15, -0.1) is 0 Å². The van der Waals surface area contributed by atoms with Crippen LogP contribution in [-0.4, -0.2) is 38.1 Å². The van der Waals surface area contributed by atoms with Crippen LogP contribution in [0.3, 0.4) is 0 Å². The van der Waals surface area contributed by atoms with Crippen molar-refractivity contribution in [2.45, 2.75) is 19.3 Å². The number of carbonyl (C=O) groups is 1. The van der Waals surface area contributed by atoms with Gasteiger partial charge >= 0.3 is 0 Å². The average molecular weight is 353 g/mol. The largest absolute Gasteiger partial charge is 0.496 e. The zero-order chi connectivity index (χ0) is 15.2. The number of rotatable bonds is 4. The van der Waals surface area contributed by atoms with Crippen molar-refractivity contribution in [1.82, 2.24) is 10.2 Å². The third-order valence-electron chi connectivity index (χ3n) is 3.67. The summed E-state index contributed by atoms with van der Waals surface area (Å²) in [6.45, 7) is 1.66. The second kappa shape index (κ2) is 7.50. The number of para-hydroxylation sites is 1. The Bertz CT molecular complexity index is 537. The molecule has 0 unspecified atom stereocenters. The van der Waals surface area contributed by atoms with Crippen LogP contribution in [-0.2, 0) is 4.79 Å². The molecule has 2 rings (SSSR count). The Morgan fingerprint density at radius 2 is 1.90 bits per heavy atom. The molecule has 1 aliphatic rings.